The van der Waals surface area contributed by atoms with E-state index in [9.17, 15) is 0 Å². The third-order valence-corrected chi connectivity index (χ3v) is 8.77. The summed E-state index contributed by atoms with van der Waals surface area (Å²) in [4.78, 5) is 4.62. The second-order valence-electron chi connectivity index (χ2n) is 12.6. The number of benzene rings is 7. The zero-order valence-corrected chi connectivity index (χ0v) is 28.3. The van der Waals surface area contributed by atoms with Crippen LogP contribution in [0, 0.1) is 20.8 Å². The van der Waals surface area contributed by atoms with Gasteiger partial charge in [0.15, 0.2) is 0 Å². The lowest BCUT2D eigenvalue weighted by Crippen LogP contribution is -2.10. The Kier molecular flexibility index (Phi) is 9.21. The summed E-state index contributed by atoms with van der Waals surface area (Å²) >= 11 is 0. The Morgan fingerprint density at radius 2 is 0.653 bits per heavy atom. The molecule has 0 aromatic heterocycles. The lowest BCUT2D eigenvalue weighted by molar-refractivity contribution is 1.25. The molecule has 0 saturated carbocycles. The number of hydrogen-bond donors (Lipinski definition) is 0. The van der Waals surface area contributed by atoms with Gasteiger partial charge in [-0.1, -0.05) is 121 Å². The van der Waals surface area contributed by atoms with E-state index in [1.54, 1.807) is 0 Å². The Balaban J connectivity index is 1.08. The molecule has 2 heteroatoms. The van der Waals surface area contributed by atoms with Gasteiger partial charge in [0.05, 0.1) is 0 Å². The molecule has 0 saturated heterocycles. The highest BCUT2D eigenvalue weighted by Gasteiger charge is 2.14. The maximum Gasteiger partial charge on any atom is 0.0466 e. The van der Waals surface area contributed by atoms with Crippen molar-refractivity contribution in [2.45, 2.75) is 20.8 Å². The van der Waals surface area contributed by atoms with E-state index in [1.165, 1.54) is 39.1 Å². The van der Waals surface area contributed by atoms with Crippen molar-refractivity contribution < 1.29 is 0 Å². The summed E-state index contributed by atoms with van der Waals surface area (Å²) in [5.41, 5.74) is 15.3. The van der Waals surface area contributed by atoms with Gasteiger partial charge in [-0.3, -0.25) is 0 Å². The van der Waals surface area contributed by atoms with E-state index >= 15 is 0 Å². The van der Waals surface area contributed by atoms with Crippen LogP contribution in [0.15, 0.2) is 176 Å². The summed E-state index contributed by atoms with van der Waals surface area (Å²) in [6.45, 7) is 6.45. The molecule has 0 radical (unpaired) electrons. The molecule has 49 heavy (non-hydrogen) atoms. The molecule has 0 fully saturated rings. The third kappa shape index (κ3) is 7.40. The molecular formula is C47H40N2. The van der Waals surface area contributed by atoms with Crippen molar-refractivity contribution in [1.29, 1.82) is 0 Å². The van der Waals surface area contributed by atoms with Crippen molar-refractivity contribution in [3.8, 4) is 11.1 Å². The van der Waals surface area contributed by atoms with Crippen LogP contribution in [0.4, 0.5) is 34.1 Å². The van der Waals surface area contributed by atoms with Crippen molar-refractivity contribution in [3.05, 3.63) is 204 Å². The Bertz CT molecular complexity index is 2090. The smallest absolute Gasteiger partial charge is 0.0466 e. The number of para-hydroxylation sites is 2. The predicted molar refractivity (Wildman–Crippen MR) is 211 cm³/mol. The zero-order chi connectivity index (χ0) is 33.6. The minimum absolute atomic E-state index is 1.13. The van der Waals surface area contributed by atoms with Crippen LogP contribution in [0.5, 0.6) is 0 Å². The number of nitrogens with zero attached hydrogens (tertiary/aromatic N) is 2. The normalized spacial score (nSPS) is 11.1. The summed E-state index contributed by atoms with van der Waals surface area (Å²) in [6.07, 6.45) is 4.35. The Morgan fingerprint density at radius 1 is 0.306 bits per heavy atom. The van der Waals surface area contributed by atoms with Crippen LogP contribution in [-0.4, -0.2) is 0 Å². The van der Waals surface area contributed by atoms with Crippen LogP contribution in [0.3, 0.4) is 0 Å². The van der Waals surface area contributed by atoms with E-state index in [-0.39, 0.29) is 0 Å². The summed E-state index contributed by atoms with van der Waals surface area (Å²) in [7, 11) is 0. The molecule has 0 bridgehead atoms. The highest BCUT2D eigenvalue weighted by molar-refractivity contribution is 5.80. The first-order chi connectivity index (χ1) is 24.0. The molecule has 0 spiro atoms. The molecule has 0 atom stereocenters. The van der Waals surface area contributed by atoms with Gasteiger partial charge in [0.1, 0.15) is 0 Å². The highest BCUT2D eigenvalue weighted by Crippen LogP contribution is 2.37. The molecule has 0 aliphatic rings. The quantitative estimate of drug-likeness (QED) is 0.146. The number of hydrogen-bond acceptors (Lipinski definition) is 2. The van der Waals surface area contributed by atoms with Crippen molar-refractivity contribution in [3.63, 3.8) is 0 Å². The molecule has 0 unspecified atom stereocenters. The highest BCUT2D eigenvalue weighted by atomic mass is 15.1. The average Bonchev–Trinajstić information content (AvgIpc) is 3.13. The van der Waals surface area contributed by atoms with Crippen molar-refractivity contribution in [2.24, 2.45) is 0 Å². The maximum absolute atomic E-state index is 2.34. The van der Waals surface area contributed by atoms with E-state index in [1.807, 2.05) is 0 Å². The van der Waals surface area contributed by atoms with Gasteiger partial charge in [-0.2, -0.15) is 0 Å². The first-order valence-electron chi connectivity index (χ1n) is 16.8. The van der Waals surface area contributed by atoms with E-state index in [0.29, 0.717) is 0 Å². The molecule has 7 aromatic rings. The van der Waals surface area contributed by atoms with Crippen LogP contribution in [0.25, 0.3) is 23.3 Å². The molecule has 238 valence electrons. The van der Waals surface area contributed by atoms with Gasteiger partial charge in [0.2, 0.25) is 0 Å². The minimum atomic E-state index is 1.13. The summed E-state index contributed by atoms with van der Waals surface area (Å²) in [5, 5.41) is 0. The monoisotopic (exact) mass is 632 g/mol. The average molecular weight is 633 g/mol. The maximum atomic E-state index is 2.34. The molecule has 2 nitrogen and oxygen atoms in total. The van der Waals surface area contributed by atoms with Crippen LogP contribution in [0.2, 0.25) is 0 Å². The van der Waals surface area contributed by atoms with Gasteiger partial charge >= 0.3 is 0 Å². The number of aryl methyl sites for hydroxylation is 3. The molecule has 0 heterocycles. The van der Waals surface area contributed by atoms with Crippen molar-refractivity contribution in [2.75, 3.05) is 9.80 Å². The molecule has 7 aromatic carbocycles. The predicted octanol–water partition coefficient (Wildman–Crippen LogP) is 13.4. The Morgan fingerprint density at radius 3 is 1.12 bits per heavy atom. The van der Waals surface area contributed by atoms with E-state index < -0.39 is 0 Å². The first kappa shape index (κ1) is 31.5. The standard InChI is InChI=1S/C47H40N2/c1-35-14-26-44(27-15-35)49(47-33-36(2)32-37(3)34-47)46-30-24-41(25-31-46)40-22-18-38(19-23-40)16-17-39-20-28-45(29-21-39)48(42-10-6-4-7-11-42)43-12-8-5-9-13-43/h4-34H,1-3H3/b17-16+. The molecular weight excluding hydrogens is 593 g/mol. The van der Waals surface area contributed by atoms with Crippen LogP contribution < -0.4 is 9.80 Å². The Labute approximate surface area is 290 Å². The van der Waals surface area contributed by atoms with E-state index in [4.69, 9.17) is 0 Å². The summed E-state index contributed by atoms with van der Waals surface area (Å²) in [6, 6.07) is 62.9. The summed E-state index contributed by atoms with van der Waals surface area (Å²) in [5.74, 6) is 0. The van der Waals surface area contributed by atoms with Crippen LogP contribution >= 0.6 is 0 Å². The second kappa shape index (κ2) is 14.3. The lowest BCUT2D eigenvalue weighted by atomic mass is 10.0. The van der Waals surface area contributed by atoms with Gasteiger partial charge in [-0.05, 0) is 127 Å². The second-order valence-corrected chi connectivity index (χ2v) is 12.6. The Hall–Kier alpha value is -6.12. The van der Waals surface area contributed by atoms with Gasteiger partial charge in [0, 0.05) is 34.1 Å². The molecule has 0 aliphatic heterocycles. The number of rotatable bonds is 9. The van der Waals surface area contributed by atoms with Crippen molar-refractivity contribution in [1.82, 2.24) is 0 Å². The van der Waals surface area contributed by atoms with Gasteiger partial charge in [-0.25, -0.2) is 0 Å². The van der Waals surface area contributed by atoms with Gasteiger partial charge < -0.3 is 9.80 Å². The van der Waals surface area contributed by atoms with Crippen molar-refractivity contribution >= 4 is 46.3 Å². The van der Waals surface area contributed by atoms with Gasteiger partial charge in [-0.15, -0.1) is 0 Å². The topological polar surface area (TPSA) is 6.48 Å². The van der Waals surface area contributed by atoms with E-state index in [2.05, 4.69) is 219 Å². The number of anilines is 6. The molecule has 7 rings (SSSR count). The summed E-state index contributed by atoms with van der Waals surface area (Å²) < 4.78 is 0. The van der Waals surface area contributed by atoms with Crippen LogP contribution in [0.1, 0.15) is 27.8 Å². The zero-order valence-electron chi connectivity index (χ0n) is 28.3. The van der Waals surface area contributed by atoms with Crippen LogP contribution in [-0.2, 0) is 0 Å². The minimum Gasteiger partial charge on any atom is -0.311 e. The molecule has 0 aliphatic carbocycles. The SMILES string of the molecule is Cc1ccc(N(c2ccc(-c3ccc(/C=C/c4ccc(N(c5ccccc5)c5ccccc5)cc4)cc3)cc2)c2cc(C)cc(C)c2)cc1. The fourth-order valence-corrected chi connectivity index (χ4v) is 6.34. The fraction of sp³-hybridized carbons (Fsp3) is 0.0638. The first-order valence-corrected chi connectivity index (χ1v) is 16.8. The largest absolute Gasteiger partial charge is 0.311 e. The fourth-order valence-electron chi connectivity index (χ4n) is 6.34. The van der Waals surface area contributed by atoms with Gasteiger partial charge in [0.25, 0.3) is 0 Å². The van der Waals surface area contributed by atoms with E-state index in [0.717, 1.165) is 34.0 Å². The lowest BCUT2D eigenvalue weighted by Gasteiger charge is -2.26. The third-order valence-electron chi connectivity index (χ3n) is 8.77. The molecule has 0 amide bonds. The molecule has 0 N–H and O–H groups in total.